The number of hydrogen-bond acceptors (Lipinski definition) is 7. The second-order valence-electron chi connectivity index (χ2n) is 8.63. The van der Waals surface area contributed by atoms with Crippen LogP contribution in [0, 0.1) is 25.2 Å². The van der Waals surface area contributed by atoms with Gasteiger partial charge in [0, 0.05) is 42.8 Å². The molecule has 172 valence electrons. The topological polar surface area (TPSA) is 98.4 Å². The molecule has 0 aliphatic carbocycles. The molecule has 0 aromatic carbocycles. The zero-order valence-corrected chi connectivity index (χ0v) is 20.1. The summed E-state index contributed by atoms with van der Waals surface area (Å²) in [6.45, 7) is 7.74. The summed E-state index contributed by atoms with van der Waals surface area (Å²) in [7, 11) is -2.89. The van der Waals surface area contributed by atoms with Gasteiger partial charge in [0.1, 0.15) is 11.9 Å². The molecular weight excluding hydrogens is 446 g/mol. The molecule has 2 aromatic rings. The maximum Gasteiger partial charge on any atom is 0.239 e. The summed E-state index contributed by atoms with van der Waals surface area (Å²) in [6.07, 6.45) is 0.708. The molecule has 8 nitrogen and oxygen atoms in total. The SMILES string of the molecule is Cc1c(C#N)c(NC(=O)CN2CCN([C@@H]3CCS(=O)(=O)C3)CC2)n(Cc2cccs2)c1C. The van der Waals surface area contributed by atoms with Crippen LogP contribution in [-0.2, 0) is 21.2 Å². The summed E-state index contributed by atoms with van der Waals surface area (Å²) in [5, 5.41) is 14.7. The standard InChI is InChI=1S/C22H29N5O3S2/c1-16-17(2)27(13-19-4-3-10-31-19)22(20(16)12-23)24-21(28)14-25-6-8-26(9-7-25)18-5-11-32(29,30)15-18/h3-4,10,18H,5-9,11,13-15H2,1-2H3,(H,24,28)/t18-/m1/s1. The van der Waals surface area contributed by atoms with Crippen molar-refractivity contribution >= 4 is 32.9 Å². The minimum Gasteiger partial charge on any atom is -0.325 e. The minimum absolute atomic E-state index is 0.112. The van der Waals surface area contributed by atoms with Gasteiger partial charge in [-0.05, 0) is 37.3 Å². The van der Waals surface area contributed by atoms with E-state index < -0.39 is 9.84 Å². The quantitative estimate of drug-likeness (QED) is 0.685. The molecule has 10 heteroatoms. The van der Waals surface area contributed by atoms with E-state index in [0.717, 1.165) is 42.3 Å². The molecule has 32 heavy (non-hydrogen) atoms. The Bertz CT molecular complexity index is 1120. The van der Waals surface area contributed by atoms with Crippen molar-refractivity contribution in [2.75, 3.05) is 49.5 Å². The highest BCUT2D eigenvalue weighted by Crippen LogP contribution is 2.28. The first-order valence-electron chi connectivity index (χ1n) is 10.9. The fraction of sp³-hybridized carbons (Fsp3) is 0.545. The number of carbonyl (C=O) groups is 1. The maximum atomic E-state index is 12.9. The van der Waals surface area contributed by atoms with E-state index in [1.807, 2.05) is 35.9 Å². The molecule has 0 saturated carbocycles. The fourth-order valence-electron chi connectivity index (χ4n) is 4.61. The number of thiophene rings is 1. The molecule has 0 spiro atoms. The van der Waals surface area contributed by atoms with Crippen LogP contribution in [0.25, 0.3) is 0 Å². The van der Waals surface area contributed by atoms with Gasteiger partial charge in [0.05, 0.1) is 30.2 Å². The summed E-state index contributed by atoms with van der Waals surface area (Å²) < 4.78 is 25.5. The highest BCUT2D eigenvalue weighted by atomic mass is 32.2. The Kier molecular flexibility index (Phi) is 6.72. The first kappa shape index (κ1) is 23.0. The van der Waals surface area contributed by atoms with Crippen LogP contribution in [0.3, 0.4) is 0 Å². The summed E-state index contributed by atoms with van der Waals surface area (Å²) in [4.78, 5) is 18.4. The van der Waals surface area contributed by atoms with Crippen LogP contribution < -0.4 is 5.32 Å². The molecule has 1 N–H and O–H groups in total. The number of aromatic nitrogens is 1. The molecule has 1 atom stereocenters. The van der Waals surface area contributed by atoms with Gasteiger partial charge in [0.2, 0.25) is 5.91 Å². The van der Waals surface area contributed by atoms with Gasteiger partial charge in [-0.1, -0.05) is 6.07 Å². The largest absolute Gasteiger partial charge is 0.325 e. The lowest BCUT2D eigenvalue weighted by molar-refractivity contribution is -0.117. The predicted molar refractivity (Wildman–Crippen MR) is 126 cm³/mol. The second kappa shape index (κ2) is 9.35. The van der Waals surface area contributed by atoms with Crippen LogP contribution in [0.1, 0.15) is 28.1 Å². The van der Waals surface area contributed by atoms with Gasteiger partial charge in [0.15, 0.2) is 9.84 Å². The molecular formula is C22H29N5O3S2. The van der Waals surface area contributed by atoms with Crippen molar-refractivity contribution in [3.63, 3.8) is 0 Å². The molecule has 2 aliphatic heterocycles. The highest BCUT2D eigenvalue weighted by Gasteiger charge is 2.34. The lowest BCUT2D eigenvalue weighted by Crippen LogP contribution is -2.52. The number of sulfone groups is 1. The number of rotatable bonds is 6. The average Bonchev–Trinajstić information content (AvgIpc) is 3.45. The number of amides is 1. The van der Waals surface area contributed by atoms with Crippen molar-refractivity contribution in [1.82, 2.24) is 14.4 Å². The van der Waals surface area contributed by atoms with Gasteiger partial charge in [0.25, 0.3) is 0 Å². The Morgan fingerprint density at radius 2 is 2.03 bits per heavy atom. The molecule has 4 heterocycles. The van der Waals surface area contributed by atoms with Crippen molar-refractivity contribution < 1.29 is 13.2 Å². The zero-order valence-electron chi connectivity index (χ0n) is 18.5. The van der Waals surface area contributed by atoms with Crippen LogP contribution in [-0.4, -0.2) is 79.0 Å². The summed E-state index contributed by atoms with van der Waals surface area (Å²) in [5.74, 6) is 0.967. The monoisotopic (exact) mass is 475 g/mol. The molecule has 2 aliphatic rings. The molecule has 0 unspecified atom stereocenters. The van der Waals surface area contributed by atoms with Crippen molar-refractivity contribution in [2.45, 2.75) is 32.9 Å². The van der Waals surface area contributed by atoms with Gasteiger partial charge in [-0.3, -0.25) is 14.6 Å². The minimum atomic E-state index is -2.89. The van der Waals surface area contributed by atoms with E-state index >= 15 is 0 Å². The van der Waals surface area contributed by atoms with E-state index in [4.69, 9.17) is 0 Å². The third-order valence-electron chi connectivity index (χ3n) is 6.59. The number of nitriles is 1. The summed E-state index contributed by atoms with van der Waals surface area (Å²) in [6, 6.07) is 6.41. The van der Waals surface area contributed by atoms with E-state index in [1.165, 1.54) is 0 Å². The second-order valence-corrected chi connectivity index (χ2v) is 11.9. The average molecular weight is 476 g/mol. The Hall–Kier alpha value is -2.19. The van der Waals surface area contributed by atoms with Gasteiger partial charge in [-0.15, -0.1) is 11.3 Å². The number of nitrogens with zero attached hydrogens (tertiary/aromatic N) is 4. The van der Waals surface area contributed by atoms with Crippen LogP contribution in [0.5, 0.6) is 0 Å². The zero-order chi connectivity index (χ0) is 22.9. The Morgan fingerprint density at radius 1 is 1.28 bits per heavy atom. The Balaban J connectivity index is 1.38. The smallest absolute Gasteiger partial charge is 0.239 e. The predicted octanol–water partition coefficient (Wildman–Crippen LogP) is 1.83. The Morgan fingerprint density at radius 3 is 2.62 bits per heavy atom. The summed E-state index contributed by atoms with van der Waals surface area (Å²) in [5.41, 5.74) is 2.38. The van der Waals surface area contributed by atoms with Gasteiger partial charge < -0.3 is 9.88 Å². The highest BCUT2D eigenvalue weighted by molar-refractivity contribution is 7.91. The molecule has 4 rings (SSSR count). The van der Waals surface area contributed by atoms with Crippen LogP contribution in [0.15, 0.2) is 17.5 Å². The van der Waals surface area contributed by atoms with Crippen molar-refractivity contribution in [3.05, 3.63) is 39.2 Å². The number of nitrogens with one attached hydrogen (secondary N) is 1. The molecule has 2 saturated heterocycles. The van der Waals surface area contributed by atoms with Crippen molar-refractivity contribution in [1.29, 1.82) is 5.26 Å². The lowest BCUT2D eigenvalue weighted by atomic mass is 10.2. The first-order chi connectivity index (χ1) is 15.3. The van der Waals surface area contributed by atoms with Gasteiger partial charge in [-0.2, -0.15) is 5.26 Å². The lowest BCUT2D eigenvalue weighted by Gasteiger charge is -2.37. The van der Waals surface area contributed by atoms with Gasteiger partial charge in [-0.25, -0.2) is 8.42 Å². The Labute approximate surface area is 193 Å². The number of carbonyl (C=O) groups excluding carboxylic acids is 1. The van der Waals surface area contributed by atoms with Gasteiger partial charge >= 0.3 is 0 Å². The number of anilines is 1. The normalized spacial score (nSPS) is 21.5. The first-order valence-corrected chi connectivity index (χ1v) is 13.6. The molecule has 0 radical (unpaired) electrons. The molecule has 2 fully saturated rings. The van der Waals surface area contributed by atoms with E-state index in [-0.39, 0.29) is 30.0 Å². The van der Waals surface area contributed by atoms with E-state index in [1.54, 1.807) is 11.3 Å². The van der Waals surface area contributed by atoms with Crippen LogP contribution in [0.4, 0.5) is 5.82 Å². The molecule has 1 amide bonds. The van der Waals surface area contributed by atoms with Crippen LogP contribution in [0.2, 0.25) is 0 Å². The number of piperazine rings is 1. The molecule has 2 aromatic heterocycles. The van der Waals surface area contributed by atoms with E-state index in [9.17, 15) is 18.5 Å². The van der Waals surface area contributed by atoms with Crippen molar-refractivity contribution in [2.24, 2.45) is 0 Å². The van der Waals surface area contributed by atoms with Crippen LogP contribution >= 0.6 is 11.3 Å². The van der Waals surface area contributed by atoms with Crippen molar-refractivity contribution in [3.8, 4) is 6.07 Å². The molecule has 0 bridgehead atoms. The van der Waals surface area contributed by atoms with E-state index in [0.29, 0.717) is 24.3 Å². The fourth-order valence-corrected chi connectivity index (χ4v) is 7.07. The summed E-state index contributed by atoms with van der Waals surface area (Å²) >= 11 is 1.65. The maximum absolute atomic E-state index is 12.9. The number of hydrogen-bond donors (Lipinski definition) is 1. The third-order valence-corrected chi connectivity index (χ3v) is 9.20. The third kappa shape index (κ3) is 4.91. The van der Waals surface area contributed by atoms with E-state index in [2.05, 4.69) is 21.2 Å².